The summed E-state index contributed by atoms with van der Waals surface area (Å²) in [5.41, 5.74) is 5.66. The van der Waals surface area contributed by atoms with Crippen LogP contribution in [0.1, 0.15) is 29.3 Å². The molecule has 1 fully saturated rings. The molecule has 2 atom stereocenters. The first kappa shape index (κ1) is 26.2. The number of nitrogens with two attached hydrogens (primary N) is 1. The van der Waals surface area contributed by atoms with E-state index in [2.05, 4.69) is 5.32 Å². The van der Waals surface area contributed by atoms with E-state index in [-0.39, 0.29) is 48.5 Å². The van der Waals surface area contributed by atoms with Crippen LogP contribution in [0.2, 0.25) is 6.32 Å². The second-order valence-electron chi connectivity index (χ2n) is 7.77. The summed E-state index contributed by atoms with van der Waals surface area (Å²) in [7, 11) is -1.09. The first-order chi connectivity index (χ1) is 15.1. The Morgan fingerprint density at radius 2 is 1.97 bits per heavy atom. The van der Waals surface area contributed by atoms with Gasteiger partial charge in [0.2, 0.25) is 11.8 Å². The van der Waals surface area contributed by atoms with Gasteiger partial charge in [-0.1, -0.05) is 6.07 Å². The lowest BCUT2D eigenvalue weighted by atomic mass is 9.78. The molecular weight excluding hydrogens is 460 g/mol. The van der Waals surface area contributed by atoms with E-state index in [4.69, 9.17) is 20.2 Å². The molecule has 33 heavy (non-hydrogen) atoms. The van der Waals surface area contributed by atoms with Gasteiger partial charge >= 0.3 is 19.1 Å². The summed E-state index contributed by atoms with van der Waals surface area (Å²) in [5.74, 6) is -3.59. The van der Waals surface area contributed by atoms with E-state index in [0.717, 1.165) is 0 Å². The highest BCUT2D eigenvalue weighted by Gasteiger charge is 2.37. The number of aromatic carboxylic acids is 1. The minimum atomic E-state index is -1.26. The van der Waals surface area contributed by atoms with Gasteiger partial charge < -0.3 is 35.3 Å². The smallest absolute Gasteiger partial charge is 0.522 e. The molecule has 6 N–H and O–H groups in total. The molecule has 0 bridgehead atoms. The molecule has 14 heteroatoms. The quantitative estimate of drug-likeness (QED) is 0.275. The molecule has 1 aromatic rings. The number of benzene rings is 1. The lowest BCUT2D eigenvalue weighted by Crippen LogP contribution is -2.61. The summed E-state index contributed by atoms with van der Waals surface area (Å²) in [6, 6.07) is 1.16. The first-order valence-corrected chi connectivity index (χ1v) is 10.0. The van der Waals surface area contributed by atoms with Gasteiger partial charge in [0.25, 0.3) is 0 Å². The van der Waals surface area contributed by atoms with Crippen LogP contribution in [0.15, 0.2) is 12.1 Å². The predicted octanol–water partition coefficient (Wildman–Crippen LogP) is -0.882. The summed E-state index contributed by atoms with van der Waals surface area (Å²) in [6.45, 7) is 1.83. The van der Waals surface area contributed by atoms with Gasteiger partial charge in [0, 0.05) is 0 Å². The highest BCUT2D eigenvalue weighted by atomic mass is 35.5. The zero-order valence-electron chi connectivity index (χ0n) is 17.7. The van der Waals surface area contributed by atoms with Crippen molar-refractivity contribution in [3.63, 3.8) is 0 Å². The average Bonchev–Trinajstić information content (AvgIpc) is 2.68. The molecule has 0 unspecified atom stereocenters. The van der Waals surface area contributed by atoms with Crippen LogP contribution in [0.25, 0.3) is 0 Å². The van der Waals surface area contributed by atoms with Crippen molar-refractivity contribution in [1.29, 1.82) is 0 Å². The minimum absolute atomic E-state index is 0. The van der Waals surface area contributed by atoms with Crippen molar-refractivity contribution in [2.24, 2.45) is 5.73 Å². The number of aryl methyl sites for hydroxylation is 1. The number of aliphatic carboxylic acids is 1. The number of amides is 2. The highest BCUT2D eigenvalue weighted by Crippen LogP contribution is 2.37. The van der Waals surface area contributed by atoms with Gasteiger partial charge in [-0.05, 0) is 31.3 Å². The first-order valence-electron chi connectivity index (χ1n) is 10.0. The summed E-state index contributed by atoms with van der Waals surface area (Å²) in [6.07, 6.45) is -0.184. The molecule has 12 nitrogen and oxygen atoms in total. The number of nitrogens with zero attached hydrogens (tertiary/aromatic N) is 1. The molecule has 0 radical (unpaired) electrons. The third-order valence-electron chi connectivity index (χ3n) is 5.33. The third-order valence-corrected chi connectivity index (χ3v) is 5.33. The molecule has 2 aliphatic rings. The summed E-state index contributed by atoms with van der Waals surface area (Å²) in [4.78, 5) is 48.0. The van der Waals surface area contributed by atoms with Gasteiger partial charge in [0.1, 0.15) is 23.2 Å². The molecule has 2 heterocycles. The van der Waals surface area contributed by atoms with E-state index >= 15 is 0 Å². The molecule has 3 rings (SSSR count). The maximum absolute atomic E-state index is 12.5. The average molecular weight is 486 g/mol. The van der Waals surface area contributed by atoms with E-state index < -0.39 is 49.6 Å². The zero-order valence-corrected chi connectivity index (χ0v) is 18.5. The monoisotopic (exact) mass is 485 g/mol. The summed E-state index contributed by atoms with van der Waals surface area (Å²) in [5, 5.41) is 30.8. The van der Waals surface area contributed by atoms with E-state index in [1.165, 1.54) is 17.9 Å². The van der Waals surface area contributed by atoms with Crippen molar-refractivity contribution in [2.45, 2.75) is 44.3 Å². The number of rotatable bonds is 9. The predicted molar refractivity (Wildman–Crippen MR) is 117 cm³/mol. The normalized spacial score (nSPS) is 16.9. The van der Waals surface area contributed by atoms with Crippen LogP contribution in [-0.2, 0) is 20.8 Å². The van der Waals surface area contributed by atoms with Crippen LogP contribution < -0.4 is 20.4 Å². The Balaban J connectivity index is 0.00000385. The van der Waals surface area contributed by atoms with Crippen LogP contribution in [-0.4, -0.2) is 82.3 Å². The number of hydrogen-bond donors (Lipinski definition) is 5. The van der Waals surface area contributed by atoms with Gasteiger partial charge in [-0.15, -0.1) is 12.4 Å². The Morgan fingerprint density at radius 3 is 2.55 bits per heavy atom. The van der Waals surface area contributed by atoms with Crippen molar-refractivity contribution in [2.75, 3.05) is 13.1 Å². The Labute approximate surface area is 195 Å². The second-order valence-corrected chi connectivity index (χ2v) is 7.77. The summed E-state index contributed by atoms with van der Waals surface area (Å²) >= 11 is 0. The Kier molecular flexibility index (Phi) is 8.53. The lowest BCUT2D eigenvalue weighted by molar-refractivity contribution is -0.144. The maximum atomic E-state index is 12.5. The molecule has 0 spiro atoms. The Hall–Kier alpha value is -3.03. The second kappa shape index (κ2) is 10.7. The van der Waals surface area contributed by atoms with Crippen molar-refractivity contribution in [3.8, 4) is 11.5 Å². The molecule has 1 saturated heterocycles. The Morgan fingerprint density at radius 1 is 1.30 bits per heavy atom. The SMILES string of the molecule is C[C@@H](N[C@H](CC(=O)O)C(N)=O)C(=O)N1CC(Oc2ccc3c(c2C(=O)O)OB(O)CC3)C1.Cl. The lowest BCUT2D eigenvalue weighted by Gasteiger charge is -2.41. The number of hydrogen-bond acceptors (Lipinski definition) is 8. The number of carbonyl (C=O) groups excluding carboxylic acids is 2. The Bertz CT molecular complexity index is 941. The minimum Gasteiger partial charge on any atom is -0.535 e. The van der Waals surface area contributed by atoms with Crippen molar-refractivity contribution < 1.29 is 43.8 Å². The molecule has 2 amide bonds. The van der Waals surface area contributed by atoms with Gasteiger partial charge in [-0.2, -0.15) is 0 Å². The van der Waals surface area contributed by atoms with Crippen molar-refractivity contribution in [3.05, 3.63) is 23.3 Å². The molecule has 2 aliphatic heterocycles. The topological polar surface area (TPSA) is 189 Å². The number of fused-ring (bicyclic) bond motifs is 1. The molecule has 0 aliphatic carbocycles. The summed E-state index contributed by atoms with van der Waals surface area (Å²) < 4.78 is 11.1. The van der Waals surface area contributed by atoms with E-state index in [9.17, 15) is 29.3 Å². The number of carboxylic acid groups (broad SMARTS) is 2. The van der Waals surface area contributed by atoms with Crippen LogP contribution >= 0.6 is 12.4 Å². The van der Waals surface area contributed by atoms with Crippen molar-refractivity contribution in [1.82, 2.24) is 10.2 Å². The highest BCUT2D eigenvalue weighted by molar-refractivity contribution is 6.44. The number of carboxylic acids is 2. The number of likely N-dealkylation sites (tertiary alicyclic amines) is 1. The maximum Gasteiger partial charge on any atom is 0.522 e. The molecule has 0 aromatic heterocycles. The van der Waals surface area contributed by atoms with E-state index in [1.54, 1.807) is 6.07 Å². The third kappa shape index (κ3) is 6.06. The number of carbonyl (C=O) groups is 4. The van der Waals surface area contributed by atoms with Crippen LogP contribution in [0.3, 0.4) is 0 Å². The number of primary amides is 1. The molecular formula is C19H25BClN3O9. The van der Waals surface area contributed by atoms with Gasteiger partial charge in [0.05, 0.1) is 31.6 Å². The fraction of sp³-hybridized carbons (Fsp3) is 0.474. The van der Waals surface area contributed by atoms with E-state index in [0.29, 0.717) is 18.3 Å². The fourth-order valence-corrected chi connectivity index (χ4v) is 3.65. The molecule has 180 valence electrons. The molecule has 0 saturated carbocycles. The van der Waals surface area contributed by atoms with Gasteiger partial charge in [0.15, 0.2) is 0 Å². The van der Waals surface area contributed by atoms with Gasteiger partial charge in [-0.25, -0.2) is 4.79 Å². The van der Waals surface area contributed by atoms with Crippen LogP contribution in [0.4, 0.5) is 0 Å². The largest absolute Gasteiger partial charge is 0.535 e. The van der Waals surface area contributed by atoms with Crippen molar-refractivity contribution >= 4 is 43.3 Å². The number of halogens is 1. The number of nitrogens with one attached hydrogen (secondary N) is 1. The fourth-order valence-electron chi connectivity index (χ4n) is 3.65. The van der Waals surface area contributed by atoms with Crippen LogP contribution in [0.5, 0.6) is 11.5 Å². The number of ether oxygens (including phenoxy) is 1. The van der Waals surface area contributed by atoms with Crippen LogP contribution in [0, 0.1) is 0 Å². The van der Waals surface area contributed by atoms with Gasteiger partial charge in [-0.3, -0.25) is 19.7 Å². The van der Waals surface area contributed by atoms with E-state index in [1.807, 2.05) is 0 Å². The standard InChI is InChI=1S/C19H24BN3O9.ClH/c1-9(22-12(17(21)26)6-14(24)25)18(27)23-7-11(8-23)31-13-3-2-10-4-5-20(30)32-16(10)15(13)19(28)29;/h2-3,9,11-12,22,30H,4-8H2,1H3,(H2,21,26)(H,24,25)(H,28,29);1H/t9-,12-;/m1./s1. The molecule has 1 aromatic carbocycles. The zero-order chi connectivity index (χ0) is 23.6.